The Labute approximate surface area is 92.0 Å². The van der Waals surface area contributed by atoms with Gasteiger partial charge in [0, 0.05) is 6.61 Å². The minimum absolute atomic E-state index is 0.0499. The molecule has 1 unspecified atom stereocenters. The van der Waals surface area contributed by atoms with Gasteiger partial charge in [-0.05, 0) is 25.0 Å². The van der Waals surface area contributed by atoms with Crippen molar-refractivity contribution in [3.63, 3.8) is 0 Å². The molecule has 0 amide bonds. The van der Waals surface area contributed by atoms with Crippen molar-refractivity contribution in [3.8, 4) is 0 Å². The van der Waals surface area contributed by atoms with Gasteiger partial charge in [-0.25, -0.2) is 4.39 Å². The molecular weight excluding hydrogens is 219 g/mol. The van der Waals surface area contributed by atoms with Crippen molar-refractivity contribution < 1.29 is 13.9 Å². The maximum Gasteiger partial charge on any atom is 0.195 e. The number of hydrogen-bond acceptors (Lipinski definition) is 2. The van der Waals surface area contributed by atoms with Crippen molar-refractivity contribution >= 4 is 17.4 Å². The first-order valence-corrected chi connectivity index (χ1v) is 5.18. The summed E-state index contributed by atoms with van der Waals surface area (Å²) in [6.45, 7) is 0.558. The highest BCUT2D eigenvalue weighted by Crippen LogP contribution is 2.24. The molecule has 80 valence electrons. The summed E-state index contributed by atoms with van der Waals surface area (Å²) < 4.78 is 18.6. The lowest BCUT2D eigenvalue weighted by Gasteiger charge is -2.10. The second-order valence-corrected chi connectivity index (χ2v) is 3.87. The summed E-state index contributed by atoms with van der Waals surface area (Å²) in [7, 11) is 0. The van der Waals surface area contributed by atoms with Gasteiger partial charge in [-0.15, -0.1) is 0 Å². The van der Waals surface area contributed by atoms with E-state index in [0.717, 1.165) is 6.42 Å². The van der Waals surface area contributed by atoms with E-state index in [1.165, 1.54) is 18.2 Å². The lowest BCUT2D eigenvalue weighted by Crippen LogP contribution is -2.21. The molecule has 0 radical (unpaired) electrons. The monoisotopic (exact) mass is 228 g/mol. The first-order valence-electron chi connectivity index (χ1n) is 4.80. The third-order valence-electron chi connectivity index (χ3n) is 2.43. The maximum atomic E-state index is 13.4. The largest absolute Gasteiger partial charge is 0.370 e. The molecule has 0 aromatic heterocycles. The average Bonchev–Trinajstić information content (AvgIpc) is 2.69. The second kappa shape index (κ2) is 4.29. The van der Waals surface area contributed by atoms with Gasteiger partial charge in [-0.1, -0.05) is 17.7 Å². The van der Waals surface area contributed by atoms with Crippen molar-refractivity contribution in [1.82, 2.24) is 0 Å². The third kappa shape index (κ3) is 2.03. The SMILES string of the molecule is O=C(c1c(F)cccc1Cl)C1CCCO1. The van der Waals surface area contributed by atoms with Gasteiger partial charge in [0.15, 0.2) is 5.78 Å². The summed E-state index contributed by atoms with van der Waals surface area (Å²) in [6, 6.07) is 4.21. The Morgan fingerprint density at radius 1 is 1.53 bits per heavy atom. The van der Waals surface area contributed by atoms with E-state index in [1.807, 2.05) is 0 Å². The van der Waals surface area contributed by atoms with Crippen LogP contribution in [-0.4, -0.2) is 18.5 Å². The van der Waals surface area contributed by atoms with Crippen molar-refractivity contribution in [3.05, 3.63) is 34.6 Å². The fraction of sp³-hybridized carbons (Fsp3) is 0.364. The van der Waals surface area contributed by atoms with Crippen molar-refractivity contribution in [2.24, 2.45) is 0 Å². The molecule has 4 heteroatoms. The van der Waals surface area contributed by atoms with E-state index in [0.29, 0.717) is 13.0 Å². The number of hydrogen-bond donors (Lipinski definition) is 0. The van der Waals surface area contributed by atoms with Crippen LogP contribution < -0.4 is 0 Å². The third-order valence-corrected chi connectivity index (χ3v) is 2.75. The molecule has 0 saturated carbocycles. The number of carbonyl (C=O) groups is 1. The van der Waals surface area contributed by atoms with Gasteiger partial charge in [-0.2, -0.15) is 0 Å². The van der Waals surface area contributed by atoms with Crippen LogP contribution in [0, 0.1) is 5.82 Å². The van der Waals surface area contributed by atoms with Gasteiger partial charge in [0.1, 0.15) is 11.9 Å². The topological polar surface area (TPSA) is 26.3 Å². The van der Waals surface area contributed by atoms with Crippen molar-refractivity contribution in [2.45, 2.75) is 18.9 Å². The van der Waals surface area contributed by atoms with E-state index in [1.54, 1.807) is 0 Å². The number of ether oxygens (including phenoxy) is 1. The lowest BCUT2D eigenvalue weighted by atomic mass is 10.0. The molecule has 2 rings (SSSR count). The zero-order valence-electron chi connectivity index (χ0n) is 8.00. The normalized spacial score (nSPS) is 20.5. The highest BCUT2D eigenvalue weighted by Gasteiger charge is 2.28. The van der Waals surface area contributed by atoms with Crippen LogP contribution in [0.2, 0.25) is 5.02 Å². The summed E-state index contributed by atoms with van der Waals surface area (Å²) in [5.74, 6) is -0.932. The Morgan fingerprint density at radius 2 is 2.33 bits per heavy atom. The summed E-state index contributed by atoms with van der Waals surface area (Å²) >= 11 is 5.79. The summed E-state index contributed by atoms with van der Waals surface area (Å²) in [4.78, 5) is 11.8. The van der Waals surface area contributed by atoms with Crippen LogP contribution >= 0.6 is 11.6 Å². The summed E-state index contributed by atoms with van der Waals surface area (Å²) in [5.41, 5.74) is -0.0499. The van der Waals surface area contributed by atoms with Crippen molar-refractivity contribution in [2.75, 3.05) is 6.61 Å². The number of ketones is 1. The van der Waals surface area contributed by atoms with Crippen LogP contribution in [0.5, 0.6) is 0 Å². The Kier molecular flexibility index (Phi) is 3.03. The molecule has 2 nitrogen and oxygen atoms in total. The molecule has 1 aromatic rings. The van der Waals surface area contributed by atoms with Crippen molar-refractivity contribution in [1.29, 1.82) is 0 Å². The number of carbonyl (C=O) groups excluding carboxylic acids is 1. The van der Waals surface area contributed by atoms with Gasteiger partial charge >= 0.3 is 0 Å². The van der Waals surface area contributed by atoms with Gasteiger partial charge in [-0.3, -0.25) is 4.79 Å². The van der Waals surface area contributed by atoms with Crippen LogP contribution in [0.1, 0.15) is 23.2 Å². The molecule has 0 spiro atoms. The Balaban J connectivity index is 2.32. The van der Waals surface area contributed by atoms with Gasteiger partial charge in [0.2, 0.25) is 0 Å². The van der Waals surface area contributed by atoms with Gasteiger partial charge in [0.25, 0.3) is 0 Å². The lowest BCUT2D eigenvalue weighted by molar-refractivity contribution is 0.0639. The predicted octanol–water partition coefficient (Wildman–Crippen LogP) is 2.84. The standard InChI is InChI=1S/C11H10ClFO2/c12-7-3-1-4-8(13)10(7)11(14)9-5-2-6-15-9/h1,3-4,9H,2,5-6H2. The van der Waals surface area contributed by atoms with E-state index >= 15 is 0 Å². The summed E-state index contributed by atoms with van der Waals surface area (Å²) in [5, 5.41) is 0.149. The molecule has 1 saturated heterocycles. The van der Waals surface area contributed by atoms with E-state index in [4.69, 9.17) is 16.3 Å². The second-order valence-electron chi connectivity index (χ2n) is 3.46. The molecule has 1 heterocycles. The summed E-state index contributed by atoms with van der Waals surface area (Å²) in [6.07, 6.45) is 0.950. The molecule has 15 heavy (non-hydrogen) atoms. The van der Waals surface area contributed by atoms with Crippen LogP contribution in [0.4, 0.5) is 4.39 Å². The van der Waals surface area contributed by atoms with E-state index in [2.05, 4.69) is 0 Å². The van der Waals surface area contributed by atoms with Gasteiger partial charge < -0.3 is 4.74 Å². The molecule has 1 fully saturated rings. The molecular formula is C11H10ClFO2. The van der Waals surface area contributed by atoms with Gasteiger partial charge in [0.05, 0.1) is 10.6 Å². The van der Waals surface area contributed by atoms with Crippen LogP contribution in [0.3, 0.4) is 0 Å². The maximum absolute atomic E-state index is 13.4. The molecule has 0 bridgehead atoms. The molecule has 0 aliphatic carbocycles. The Morgan fingerprint density at radius 3 is 2.93 bits per heavy atom. The number of rotatable bonds is 2. The first-order chi connectivity index (χ1) is 7.20. The smallest absolute Gasteiger partial charge is 0.195 e. The number of halogens is 2. The minimum atomic E-state index is -0.581. The first kappa shape index (κ1) is 10.6. The molecule has 1 aliphatic rings. The fourth-order valence-electron chi connectivity index (χ4n) is 1.68. The highest BCUT2D eigenvalue weighted by atomic mass is 35.5. The zero-order chi connectivity index (χ0) is 10.8. The van der Waals surface area contributed by atoms with E-state index in [9.17, 15) is 9.18 Å². The van der Waals surface area contributed by atoms with E-state index < -0.39 is 11.9 Å². The number of Topliss-reactive ketones (excluding diaryl/α,β-unsaturated/α-hetero) is 1. The molecule has 1 atom stereocenters. The highest BCUT2D eigenvalue weighted by molar-refractivity contribution is 6.34. The molecule has 1 aromatic carbocycles. The number of benzene rings is 1. The zero-order valence-corrected chi connectivity index (χ0v) is 8.76. The van der Waals surface area contributed by atoms with Crippen LogP contribution in [-0.2, 0) is 4.74 Å². The predicted molar refractivity (Wildman–Crippen MR) is 54.7 cm³/mol. The minimum Gasteiger partial charge on any atom is -0.370 e. The van der Waals surface area contributed by atoms with Crippen LogP contribution in [0.15, 0.2) is 18.2 Å². The molecule has 1 aliphatic heterocycles. The molecule has 0 N–H and O–H groups in total. The average molecular weight is 229 g/mol. The quantitative estimate of drug-likeness (QED) is 0.728. The van der Waals surface area contributed by atoms with Crippen LogP contribution in [0.25, 0.3) is 0 Å². The fourth-order valence-corrected chi connectivity index (χ4v) is 1.93. The van der Waals surface area contributed by atoms with E-state index in [-0.39, 0.29) is 16.4 Å². The Bertz CT molecular complexity index is 366. The Hall–Kier alpha value is -0.930.